The van der Waals surface area contributed by atoms with E-state index in [-0.39, 0.29) is 24.6 Å². The van der Waals surface area contributed by atoms with Crippen molar-refractivity contribution in [2.24, 2.45) is 5.41 Å². The van der Waals surface area contributed by atoms with Gasteiger partial charge in [-0.3, -0.25) is 4.79 Å². The second-order valence-corrected chi connectivity index (χ2v) is 7.21. The van der Waals surface area contributed by atoms with Crippen molar-refractivity contribution >= 4 is 11.8 Å². The Balaban J connectivity index is 2.06. The van der Waals surface area contributed by atoms with Crippen LogP contribution in [0.4, 0.5) is 0 Å². The lowest BCUT2D eigenvalue weighted by Crippen LogP contribution is -2.26. The molecule has 27 heavy (non-hydrogen) atoms. The average molecular weight is 375 g/mol. The average Bonchev–Trinajstić information content (AvgIpc) is 2.94. The minimum absolute atomic E-state index is 0.151. The molecule has 7 heteroatoms. The van der Waals surface area contributed by atoms with Gasteiger partial charge in [-0.1, -0.05) is 25.9 Å². The first-order chi connectivity index (χ1) is 12.6. The number of hydrogen-bond acceptors (Lipinski definition) is 7. The topological polar surface area (TPSA) is 87.9 Å². The predicted molar refractivity (Wildman–Crippen MR) is 98.0 cm³/mol. The maximum Gasteiger partial charge on any atom is 0.338 e. The Kier molecular flexibility index (Phi) is 6.25. The van der Waals surface area contributed by atoms with Crippen molar-refractivity contribution in [1.29, 1.82) is 0 Å². The van der Waals surface area contributed by atoms with Gasteiger partial charge in [0.2, 0.25) is 0 Å². The molecular formula is C20H25NO6. The number of carbonyl (C=O) groups excluding carboxylic acids is 2. The summed E-state index contributed by atoms with van der Waals surface area (Å²) in [7, 11) is 1.48. The van der Waals surface area contributed by atoms with Gasteiger partial charge in [0.1, 0.15) is 12.4 Å². The van der Waals surface area contributed by atoms with Crippen molar-refractivity contribution in [1.82, 2.24) is 5.16 Å². The van der Waals surface area contributed by atoms with Crippen LogP contribution in [0.3, 0.4) is 0 Å². The van der Waals surface area contributed by atoms with E-state index in [1.54, 1.807) is 32.9 Å². The van der Waals surface area contributed by atoms with Gasteiger partial charge in [0.25, 0.3) is 0 Å². The minimum atomic E-state index is -0.594. The molecule has 0 N–H and O–H groups in total. The quantitative estimate of drug-likeness (QED) is 0.683. The van der Waals surface area contributed by atoms with Gasteiger partial charge in [-0.2, -0.15) is 0 Å². The summed E-state index contributed by atoms with van der Waals surface area (Å²) in [5, 5.41) is 3.89. The number of Topliss-reactive ketones (excluding diaryl/α,β-unsaturated/α-hetero) is 1. The predicted octanol–water partition coefficient (Wildman–Crippen LogP) is 3.65. The van der Waals surface area contributed by atoms with Crippen LogP contribution in [0, 0.1) is 19.3 Å². The van der Waals surface area contributed by atoms with E-state index < -0.39 is 11.4 Å². The van der Waals surface area contributed by atoms with E-state index in [0.717, 1.165) is 11.3 Å². The number of hydrogen-bond donors (Lipinski definition) is 0. The van der Waals surface area contributed by atoms with Crippen LogP contribution in [-0.2, 0) is 16.1 Å². The molecule has 7 nitrogen and oxygen atoms in total. The maximum absolute atomic E-state index is 12.2. The van der Waals surface area contributed by atoms with E-state index in [1.165, 1.54) is 13.2 Å². The van der Waals surface area contributed by atoms with Crippen LogP contribution in [0.1, 0.15) is 48.1 Å². The molecule has 2 rings (SSSR count). The number of benzene rings is 1. The maximum atomic E-state index is 12.2. The van der Waals surface area contributed by atoms with Crippen molar-refractivity contribution in [2.45, 2.75) is 41.2 Å². The standard InChI is InChI=1S/C20H25NO6/c1-12-15(13(2)27-21-12)10-25-16-8-7-14(9-17(16)24-6)19(23)26-11-18(22)20(3,4)5/h7-9H,10-11H2,1-6H3. The van der Waals surface area contributed by atoms with Gasteiger partial charge >= 0.3 is 5.97 Å². The third-order valence-electron chi connectivity index (χ3n) is 4.12. The highest BCUT2D eigenvalue weighted by molar-refractivity contribution is 5.93. The number of esters is 1. The molecule has 2 aromatic rings. The molecule has 146 valence electrons. The molecule has 0 spiro atoms. The number of ether oxygens (including phenoxy) is 3. The summed E-state index contributed by atoms with van der Waals surface area (Å²) in [5.74, 6) is 0.804. The molecule has 1 heterocycles. The Bertz CT molecular complexity index is 812. The molecule has 0 saturated carbocycles. The van der Waals surface area contributed by atoms with Gasteiger partial charge in [0.05, 0.1) is 23.9 Å². The molecule has 0 aliphatic carbocycles. The van der Waals surface area contributed by atoms with Crippen molar-refractivity contribution in [3.05, 3.63) is 40.8 Å². The number of ketones is 1. The normalized spacial score (nSPS) is 11.2. The second-order valence-electron chi connectivity index (χ2n) is 7.21. The van der Waals surface area contributed by atoms with Crippen molar-refractivity contribution in [2.75, 3.05) is 13.7 Å². The van der Waals surface area contributed by atoms with Gasteiger partial charge in [-0.05, 0) is 32.0 Å². The van der Waals surface area contributed by atoms with Crippen molar-refractivity contribution in [3.63, 3.8) is 0 Å². The van der Waals surface area contributed by atoms with Crippen LogP contribution in [-0.4, -0.2) is 30.6 Å². The van der Waals surface area contributed by atoms with Gasteiger partial charge < -0.3 is 18.7 Å². The van der Waals surface area contributed by atoms with Crippen LogP contribution in [0.15, 0.2) is 22.7 Å². The summed E-state index contributed by atoms with van der Waals surface area (Å²) in [6, 6.07) is 4.71. The first kappa shape index (κ1) is 20.5. The molecule has 0 radical (unpaired) electrons. The zero-order valence-electron chi connectivity index (χ0n) is 16.5. The van der Waals surface area contributed by atoms with Crippen molar-refractivity contribution < 1.29 is 28.3 Å². The molecule has 0 saturated heterocycles. The number of aromatic nitrogens is 1. The van der Waals surface area contributed by atoms with Crippen LogP contribution < -0.4 is 9.47 Å². The van der Waals surface area contributed by atoms with Crippen LogP contribution in [0.5, 0.6) is 11.5 Å². The summed E-state index contributed by atoms with van der Waals surface area (Å²) in [5.41, 5.74) is 1.34. The highest BCUT2D eigenvalue weighted by Crippen LogP contribution is 2.30. The fourth-order valence-corrected chi connectivity index (χ4v) is 2.20. The van der Waals surface area contributed by atoms with Gasteiger partial charge in [0.15, 0.2) is 23.9 Å². The zero-order valence-corrected chi connectivity index (χ0v) is 16.5. The summed E-state index contributed by atoms with van der Waals surface area (Å²) in [6.07, 6.45) is 0. The van der Waals surface area contributed by atoms with Gasteiger partial charge in [-0.15, -0.1) is 0 Å². The lowest BCUT2D eigenvalue weighted by atomic mass is 9.91. The van der Waals surface area contributed by atoms with Crippen LogP contribution >= 0.6 is 0 Å². The number of carbonyl (C=O) groups is 2. The van der Waals surface area contributed by atoms with Crippen LogP contribution in [0.25, 0.3) is 0 Å². The fraction of sp³-hybridized carbons (Fsp3) is 0.450. The first-order valence-corrected chi connectivity index (χ1v) is 8.56. The SMILES string of the molecule is COc1cc(C(=O)OCC(=O)C(C)(C)C)ccc1OCc1c(C)noc1C. The Labute approximate surface area is 158 Å². The Morgan fingerprint density at radius 3 is 2.41 bits per heavy atom. The molecule has 1 aromatic heterocycles. The monoisotopic (exact) mass is 375 g/mol. The smallest absolute Gasteiger partial charge is 0.338 e. The third-order valence-corrected chi connectivity index (χ3v) is 4.12. The van der Waals surface area contributed by atoms with E-state index in [0.29, 0.717) is 17.3 Å². The number of aryl methyl sites for hydroxylation is 2. The van der Waals surface area contributed by atoms with Crippen molar-refractivity contribution in [3.8, 4) is 11.5 Å². The second kappa shape index (κ2) is 8.24. The first-order valence-electron chi connectivity index (χ1n) is 8.56. The van der Waals surface area contributed by atoms with Gasteiger partial charge in [0, 0.05) is 5.41 Å². The summed E-state index contributed by atoms with van der Waals surface area (Å²) in [6.45, 7) is 8.97. The van der Waals surface area contributed by atoms with E-state index in [4.69, 9.17) is 18.7 Å². The number of methoxy groups -OCH3 is 1. The molecule has 0 amide bonds. The summed E-state index contributed by atoms with van der Waals surface area (Å²) < 4.78 is 21.3. The highest BCUT2D eigenvalue weighted by Gasteiger charge is 2.23. The minimum Gasteiger partial charge on any atom is -0.493 e. The third kappa shape index (κ3) is 5.09. The summed E-state index contributed by atoms with van der Waals surface area (Å²) >= 11 is 0. The molecule has 0 atom stereocenters. The Hall–Kier alpha value is -2.83. The van der Waals surface area contributed by atoms with E-state index >= 15 is 0 Å². The van der Waals surface area contributed by atoms with Crippen LogP contribution in [0.2, 0.25) is 0 Å². The molecule has 0 aliphatic rings. The summed E-state index contributed by atoms with van der Waals surface area (Å²) in [4.78, 5) is 24.1. The largest absolute Gasteiger partial charge is 0.493 e. The molecule has 0 fully saturated rings. The Morgan fingerprint density at radius 1 is 1.15 bits per heavy atom. The lowest BCUT2D eigenvalue weighted by Gasteiger charge is -2.16. The van der Waals surface area contributed by atoms with E-state index in [1.807, 2.05) is 13.8 Å². The molecular weight excluding hydrogens is 350 g/mol. The van der Waals surface area contributed by atoms with Gasteiger partial charge in [-0.25, -0.2) is 4.79 Å². The molecule has 0 unspecified atom stereocenters. The fourth-order valence-electron chi connectivity index (χ4n) is 2.20. The highest BCUT2D eigenvalue weighted by atomic mass is 16.5. The van der Waals surface area contributed by atoms with E-state index in [9.17, 15) is 9.59 Å². The molecule has 0 bridgehead atoms. The molecule has 1 aromatic carbocycles. The lowest BCUT2D eigenvalue weighted by molar-refractivity contribution is -0.129. The Morgan fingerprint density at radius 2 is 1.85 bits per heavy atom. The number of rotatable bonds is 7. The number of nitrogens with zero attached hydrogens (tertiary/aromatic N) is 1. The molecule has 0 aliphatic heterocycles. The zero-order chi connectivity index (χ0) is 20.2. The van der Waals surface area contributed by atoms with E-state index in [2.05, 4.69) is 5.16 Å².